The van der Waals surface area contributed by atoms with Crippen LogP contribution in [0.15, 0.2) is 43.0 Å². The predicted molar refractivity (Wildman–Crippen MR) is 73.4 cm³/mol. The van der Waals surface area contributed by atoms with Gasteiger partial charge in [0.25, 0.3) is 0 Å². The second kappa shape index (κ2) is 6.41. The smallest absolute Gasteiger partial charge is 0.238 e. The predicted octanol–water partition coefficient (Wildman–Crippen LogP) is 2.44. The highest BCUT2D eigenvalue weighted by Gasteiger charge is 2.46. The zero-order chi connectivity index (χ0) is 13.8. The quantitative estimate of drug-likeness (QED) is 0.624. The van der Waals surface area contributed by atoms with Gasteiger partial charge in [-0.15, -0.1) is 6.58 Å². The summed E-state index contributed by atoms with van der Waals surface area (Å²) in [6.07, 6.45) is 2.79. The summed E-state index contributed by atoms with van der Waals surface area (Å²) in [7, 11) is 0. The Balaban J connectivity index is 1.70. The first-order valence-corrected chi connectivity index (χ1v) is 6.75. The molecule has 0 amide bonds. The number of fused-ring (bicyclic) bond motifs is 1. The largest absolute Gasteiger partial charge is 0.366 e. The van der Waals surface area contributed by atoms with Gasteiger partial charge in [0.2, 0.25) is 13.0 Å². The van der Waals surface area contributed by atoms with Crippen molar-refractivity contribution in [1.29, 1.82) is 0 Å². The Morgan fingerprint density at radius 1 is 1.35 bits per heavy atom. The molecular formula is C16H18O4+. The molecule has 2 aliphatic heterocycles. The average molecular weight is 274 g/mol. The van der Waals surface area contributed by atoms with Crippen molar-refractivity contribution in [2.75, 3.05) is 13.2 Å². The molecule has 105 valence electrons. The van der Waals surface area contributed by atoms with Gasteiger partial charge in [0.05, 0.1) is 13.2 Å². The van der Waals surface area contributed by atoms with Gasteiger partial charge in [0.1, 0.15) is 12.2 Å². The molecule has 1 radical (unpaired) electrons. The third-order valence-corrected chi connectivity index (χ3v) is 3.38. The van der Waals surface area contributed by atoms with E-state index in [1.54, 1.807) is 12.7 Å². The zero-order valence-electron chi connectivity index (χ0n) is 11.2. The molecule has 4 heteroatoms. The van der Waals surface area contributed by atoms with E-state index >= 15 is 0 Å². The number of ether oxygens (including phenoxy) is 4. The Kier molecular flexibility index (Phi) is 4.38. The normalized spacial score (nSPS) is 33.0. The molecule has 2 saturated heterocycles. The van der Waals surface area contributed by atoms with Crippen LogP contribution in [0.4, 0.5) is 0 Å². The Morgan fingerprint density at radius 3 is 3.00 bits per heavy atom. The summed E-state index contributed by atoms with van der Waals surface area (Å²) in [6, 6.07) is 9.89. The van der Waals surface area contributed by atoms with Crippen LogP contribution in [0.2, 0.25) is 0 Å². The Labute approximate surface area is 119 Å². The van der Waals surface area contributed by atoms with Gasteiger partial charge in [0, 0.05) is 5.56 Å². The standard InChI is InChI=1S/C16H18O4/c1-2-9-17-13-8-10-18-14-11-19-16(20-15(13)14)12-6-4-3-5-7-12/h2-8,10,13-16H,1,9,11H2/q+1/t13-,14-,15+,16?/m1/s1. The molecule has 4 atom stereocenters. The monoisotopic (exact) mass is 274 g/mol. The lowest BCUT2D eigenvalue weighted by atomic mass is 10.0. The van der Waals surface area contributed by atoms with Gasteiger partial charge in [0.15, 0.2) is 12.4 Å². The summed E-state index contributed by atoms with van der Waals surface area (Å²) in [6.45, 7) is 6.30. The van der Waals surface area contributed by atoms with Crippen LogP contribution < -0.4 is 0 Å². The van der Waals surface area contributed by atoms with Gasteiger partial charge < -0.3 is 14.2 Å². The highest BCUT2D eigenvalue weighted by atomic mass is 16.7. The van der Waals surface area contributed by atoms with Crippen molar-refractivity contribution in [3.05, 3.63) is 61.6 Å². The van der Waals surface area contributed by atoms with Crippen molar-refractivity contribution in [1.82, 2.24) is 0 Å². The minimum atomic E-state index is -0.373. The van der Waals surface area contributed by atoms with E-state index in [0.717, 1.165) is 5.56 Å². The minimum absolute atomic E-state index is 0.130. The fourth-order valence-electron chi connectivity index (χ4n) is 2.40. The van der Waals surface area contributed by atoms with E-state index in [1.807, 2.05) is 36.8 Å². The topological polar surface area (TPSA) is 36.9 Å². The molecule has 20 heavy (non-hydrogen) atoms. The van der Waals surface area contributed by atoms with Crippen molar-refractivity contribution in [2.24, 2.45) is 0 Å². The van der Waals surface area contributed by atoms with Gasteiger partial charge in [-0.05, 0) is 0 Å². The van der Waals surface area contributed by atoms with Gasteiger partial charge >= 0.3 is 0 Å². The first-order valence-electron chi connectivity index (χ1n) is 6.75. The molecule has 0 aromatic heterocycles. The van der Waals surface area contributed by atoms with E-state index in [-0.39, 0.29) is 24.6 Å². The van der Waals surface area contributed by atoms with E-state index in [9.17, 15) is 0 Å². The Morgan fingerprint density at radius 2 is 2.20 bits per heavy atom. The molecule has 0 saturated carbocycles. The van der Waals surface area contributed by atoms with Crippen LogP contribution in [0.3, 0.4) is 0 Å². The lowest BCUT2D eigenvalue weighted by Gasteiger charge is -2.39. The number of hydrogen-bond donors (Lipinski definition) is 0. The molecule has 2 fully saturated rings. The van der Waals surface area contributed by atoms with Gasteiger partial charge in [-0.1, -0.05) is 36.4 Å². The van der Waals surface area contributed by atoms with E-state index in [2.05, 4.69) is 6.58 Å². The number of benzene rings is 1. The first-order chi connectivity index (χ1) is 9.88. The third kappa shape index (κ3) is 2.88. The van der Waals surface area contributed by atoms with Crippen LogP contribution in [0, 0.1) is 13.0 Å². The lowest BCUT2D eigenvalue weighted by Crippen LogP contribution is -2.52. The molecule has 2 aliphatic rings. The van der Waals surface area contributed by atoms with E-state index in [0.29, 0.717) is 13.2 Å². The van der Waals surface area contributed by atoms with Crippen LogP contribution >= 0.6 is 0 Å². The van der Waals surface area contributed by atoms with E-state index in [1.165, 1.54) is 0 Å². The third-order valence-electron chi connectivity index (χ3n) is 3.38. The summed E-state index contributed by atoms with van der Waals surface area (Å²) in [5.74, 6) is 0. The van der Waals surface area contributed by atoms with Crippen molar-refractivity contribution in [3.63, 3.8) is 0 Å². The van der Waals surface area contributed by atoms with Crippen molar-refractivity contribution in [3.8, 4) is 0 Å². The van der Waals surface area contributed by atoms with Crippen LogP contribution in [0.5, 0.6) is 0 Å². The molecule has 4 nitrogen and oxygen atoms in total. The van der Waals surface area contributed by atoms with Crippen molar-refractivity contribution in [2.45, 2.75) is 24.6 Å². The lowest BCUT2D eigenvalue weighted by molar-refractivity contribution is -0.287. The Bertz CT molecular complexity index is 433. The van der Waals surface area contributed by atoms with E-state index in [4.69, 9.17) is 18.9 Å². The summed E-state index contributed by atoms with van der Waals surface area (Å²) in [4.78, 5) is 0. The SMILES string of the molecule is C=CCO[C@@H]1[CH][CH+]O[C@@H]2COC(c3ccccc3)O[C@@H]12. The molecule has 1 aromatic carbocycles. The fourth-order valence-corrected chi connectivity index (χ4v) is 2.40. The maximum absolute atomic E-state index is 6.03. The van der Waals surface area contributed by atoms with Crippen LogP contribution in [0.1, 0.15) is 11.9 Å². The molecule has 2 heterocycles. The second-order valence-corrected chi connectivity index (χ2v) is 4.77. The van der Waals surface area contributed by atoms with Gasteiger partial charge in [-0.2, -0.15) is 4.74 Å². The molecule has 3 rings (SSSR count). The zero-order valence-corrected chi connectivity index (χ0v) is 11.2. The molecule has 0 N–H and O–H groups in total. The highest BCUT2D eigenvalue weighted by Crippen LogP contribution is 2.33. The number of hydrogen-bond acceptors (Lipinski definition) is 4. The summed E-state index contributed by atoms with van der Waals surface area (Å²) >= 11 is 0. The second-order valence-electron chi connectivity index (χ2n) is 4.77. The molecular weight excluding hydrogens is 256 g/mol. The van der Waals surface area contributed by atoms with Crippen LogP contribution in [-0.2, 0) is 18.9 Å². The minimum Gasteiger partial charge on any atom is -0.366 e. The van der Waals surface area contributed by atoms with E-state index < -0.39 is 0 Å². The van der Waals surface area contributed by atoms with Crippen molar-refractivity contribution >= 4 is 0 Å². The highest BCUT2D eigenvalue weighted by molar-refractivity contribution is 5.17. The molecule has 0 bridgehead atoms. The first kappa shape index (κ1) is 13.6. The maximum atomic E-state index is 6.03. The van der Waals surface area contributed by atoms with Crippen LogP contribution in [0.25, 0.3) is 0 Å². The van der Waals surface area contributed by atoms with Gasteiger partial charge in [-0.3, -0.25) is 0 Å². The summed E-state index contributed by atoms with van der Waals surface area (Å²) in [5, 5.41) is 0. The Hall–Kier alpha value is -1.33. The average Bonchev–Trinajstić information content (AvgIpc) is 2.53. The van der Waals surface area contributed by atoms with Gasteiger partial charge in [-0.25, -0.2) is 0 Å². The maximum Gasteiger partial charge on any atom is 0.238 e. The molecule has 1 aromatic rings. The molecule has 0 aliphatic carbocycles. The summed E-state index contributed by atoms with van der Waals surface area (Å²) in [5.41, 5.74) is 1.00. The molecule has 0 spiro atoms. The fraction of sp³-hybridized carbons (Fsp3) is 0.375. The molecule has 1 unspecified atom stereocenters. The number of rotatable bonds is 4. The van der Waals surface area contributed by atoms with Crippen LogP contribution in [-0.4, -0.2) is 31.5 Å². The van der Waals surface area contributed by atoms with Crippen molar-refractivity contribution < 1.29 is 18.9 Å². The summed E-state index contributed by atoms with van der Waals surface area (Å²) < 4.78 is 23.0.